The van der Waals surface area contributed by atoms with Crippen LogP contribution in [-0.2, 0) is 4.79 Å². The number of carboxylic acid groups (broad SMARTS) is 1. The molecule has 0 saturated carbocycles. The molecule has 8 heteroatoms. The van der Waals surface area contributed by atoms with Gasteiger partial charge in [-0.3, -0.25) is 14.6 Å². The second-order valence-electron chi connectivity index (χ2n) is 6.63. The topological polar surface area (TPSA) is 70.5 Å². The van der Waals surface area contributed by atoms with Gasteiger partial charge in [0.2, 0.25) is 0 Å². The zero-order chi connectivity index (χ0) is 19.8. The Morgan fingerprint density at radius 2 is 1.78 bits per heavy atom. The van der Waals surface area contributed by atoms with Gasteiger partial charge in [-0.25, -0.2) is 0 Å². The summed E-state index contributed by atoms with van der Waals surface area (Å²) in [6.07, 6.45) is -1.85. The van der Waals surface area contributed by atoms with Crippen molar-refractivity contribution in [2.24, 2.45) is 11.8 Å². The third kappa shape index (κ3) is 3.94. The number of hydrogen-bond acceptors (Lipinski definition) is 3. The quantitative estimate of drug-likeness (QED) is 0.889. The van der Waals surface area contributed by atoms with Crippen LogP contribution >= 0.6 is 0 Å². The van der Waals surface area contributed by atoms with Crippen molar-refractivity contribution in [3.8, 4) is 11.1 Å². The van der Waals surface area contributed by atoms with E-state index in [9.17, 15) is 22.8 Å². The summed E-state index contributed by atoms with van der Waals surface area (Å²) in [6, 6.07) is 9.06. The van der Waals surface area contributed by atoms with Gasteiger partial charge in [-0.05, 0) is 18.6 Å². The largest absolute Gasteiger partial charge is 0.481 e. The molecular formula is C19H17F3N2O3. The summed E-state index contributed by atoms with van der Waals surface area (Å²) in [5.41, 5.74) is 2.66. The first-order valence-corrected chi connectivity index (χ1v) is 8.27. The highest BCUT2D eigenvalue weighted by Gasteiger charge is 2.53. The average Bonchev–Trinajstić information content (AvgIpc) is 3.08. The standard InChI is InChI=1S/C19H17F3N2O3/c1-11-2-4-12(5-3-11)13-6-14(8-23-7-13)17(25)24-9-15(18(26)27)16(10-24)19(20,21)22/h2-8,15-16H,9-10H2,1H3,(H,26,27)/t15-,16-/m1/s1. The van der Waals surface area contributed by atoms with Crippen LogP contribution in [0.15, 0.2) is 42.7 Å². The average molecular weight is 378 g/mol. The predicted molar refractivity (Wildman–Crippen MR) is 91.0 cm³/mol. The third-order valence-electron chi connectivity index (χ3n) is 4.71. The maximum atomic E-state index is 13.1. The van der Waals surface area contributed by atoms with Gasteiger partial charge in [0.15, 0.2) is 0 Å². The number of rotatable bonds is 3. The minimum Gasteiger partial charge on any atom is -0.481 e. The Bertz CT molecular complexity index is 865. The van der Waals surface area contributed by atoms with Gasteiger partial charge in [-0.15, -0.1) is 0 Å². The lowest BCUT2D eigenvalue weighted by molar-refractivity contribution is -0.187. The molecule has 1 amide bonds. The van der Waals surface area contributed by atoms with E-state index in [-0.39, 0.29) is 5.56 Å². The highest BCUT2D eigenvalue weighted by molar-refractivity contribution is 5.95. The smallest absolute Gasteiger partial charge is 0.394 e. The summed E-state index contributed by atoms with van der Waals surface area (Å²) in [5, 5.41) is 9.08. The fourth-order valence-corrected chi connectivity index (χ4v) is 3.19. The van der Waals surface area contributed by atoms with Gasteiger partial charge < -0.3 is 10.0 Å². The second kappa shape index (κ2) is 7.02. The molecule has 1 aromatic carbocycles. The molecule has 1 aromatic heterocycles. The summed E-state index contributed by atoms with van der Waals surface area (Å²) < 4.78 is 39.3. The van der Waals surface area contributed by atoms with Crippen molar-refractivity contribution in [1.82, 2.24) is 9.88 Å². The van der Waals surface area contributed by atoms with Crippen LogP contribution in [0, 0.1) is 18.8 Å². The van der Waals surface area contributed by atoms with Gasteiger partial charge in [-0.1, -0.05) is 29.8 Å². The molecule has 0 bridgehead atoms. The van der Waals surface area contributed by atoms with E-state index in [1.165, 1.54) is 6.20 Å². The number of aromatic nitrogens is 1. The molecule has 1 aliphatic heterocycles. The summed E-state index contributed by atoms with van der Waals surface area (Å²) >= 11 is 0. The summed E-state index contributed by atoms with van der Waals surface area (Å²) in [5.74, 6) is -5.96. The molecule has 2 atom stereocenters. The Morgan fingerprint density at radius 1 is 1.11 bits per heavy atom. The lowest BCUT2D eigenvalue weighted by Gasteiger charge is -2.18. The van der Waals surface area contributed by atoms with Crippen molar-refractivity contribution in [2.45, 2.75) is 13.1 Å². The minimum absolute atomic E-state index is 0.125. The number of likely N-dealkylation sites (tertiary alicyclic amines) is 1. The molecule has 5 nitrogen and oxygen atoms in total. The lowest BCUT2D eigenvalue weighted by atomic mass is 9.96. The van der Waals surface area contributed by atoms with E-state index >= 15 is 0 Å². The molecule has 1 saturated heterocycles. The number of benzene rings is 1. The van der Waals surface area contributed by atoms with Crippen LogP contribution in [-0.4, -0.2) is 46.1 Å². The van der Waals surface area contributed by atoms with Crippen LogP contribution in [0.3, 0.4) is 0 Å². The maximum Gasteiger partial charge on any atom is 0.394 e. The number of hydrogen-bond donors (Lipinski definition) is 1. The fourth-order valence-electron chi connectivity index (χ4n) is 3.19. The number of halogens is 3. The number of carbonyl (C=O) groups excluding carboxylic acids is 1. The molecule has 0 aliphatic carbocycles. The maximum absolute atomic E-state index is 13.1. The minimum atomic E-state index is -4.68. The van der Waals surface area contributed by atoms with Crippen LogP contribution in [0.25, 0.3) is 11.1 Å². The Kier molecular flexibility index (Phi) is 4.91. The molecule has 1 aliphatic rings. The van der Waals surface area contributed by atoms with E-state index in [2.05, 4.69) is 4.98 Å². The number of aryl methyl sites for hydroxylation is 1. The first-order valence-electron chi connectivity index (χ1n) is 8.27. The first kappa shape index (κ1) is 18.9. The predicted octanol–water partition coefficient (Wildman–Crippen LogP) is 3.39. The van der Waals surface area contributed by atoms with Crippen molar-refractivity contribution >= 4 is 11.9 Å². The molecule has 0 unspecified atom stereocenters. The molecular weight excluding hydrogens is 361 g/mol. The molecule has 2 aromatic rings. The highest BCUT2D eigenvalue weighted by Crippen LogP contribution is 2.38. The van der Waals surface area contributed by atoms with Gasteiger partial charge in [0.05, 0.1) is 17.4 Å². The fraction of sp³-hybridized carbons (Fsp3) is 0.316. The monoisotopic (exact) mass is 378 g/mol. The van der Waals surface area contributed by atoms with Crippen molar-refractivity contribution in [1.29, 1.82) is 0 Å². The lowest BCUT2D eigenvalue weighted by Crippen LogP contribution is -2.34. The number of aliphatic carboxylic acids is 1. The Morgan fingerprint density at radius 3 is 2.33 bits per heavy atom. The van der Waals surface area contributed by atoms with E-state index in [0.29, 0.717) is 5.56 Å². The van der Waals surface area contributed by atoms with Gasteiger partial charge in [0.25, 0.3) is 5.91 Å². The number of nitrogens with zero attached hydrogens (tertiary/aromatic N) is 2. The summed E-state index contributed by atoms with van der Waals surface area (Å²) in [6.45, 7) is 0.784. The van der Waals surface area contributed by atoms with Gasteiger partial charge in [-0.2, -0.15) is 13.2 Å². The third-order valence-corrected chi connectivity index (χ3v) is 4.71. The van der Waals surface area contributed by atoms with E-state index in [1.54, 1.807) is 12.3 Å². The van der Waals surface area contributed by atoms with Crippen molar-refractivity contribution in [2.75, 3.05) is 13.1 Å². The Balaban J connectivity index is 1.85. The molecule has 0 spiro atoms. The van der Waals surface area contributed by atoms with Gasteiger partial charge >= 0.3 is 12.1 Å². The van der Waals surface area contributed by atoms with E-state index < -0.39 is 43.0 Å². The normalized spacial score (nSPS) is 19.9. The SMILES string of the molecule is Cc1ccc(-c2cncc(C(=O)N3C[C@@H](C(F)(F)F)[C@H](C(=O)O)C3)c2)cc1. The van der Waals surface area contributed by atoms with Crippen LogP contribution in [0.2, 0.25) is 0 Å². The Hall–Kier alpha value is -2.90. The van der Waals surface area contributed by atoms with Crippen LogP contribution < -0.4 is 0 Å². The molecule has 2 heterocycles. The molecule has 27 heavy (non-hydrogen) atoms. The number of carbonyl (C=O) groups is 2. The van der Waals surface area contributed by atoms with Crippen LogP contribution in [0.4, 0.5) is 13.2 Å². The first-order chi connectivity index (χ1) is 12.7. The van der Waals surface area contributed by atoms with Crippen molar-refractivity contribution in [3.63, 3.8) is 0 Å². The second-order valence-corrected chi connectivity index (χ2v) is 6.63. The van der Waals surface area contributed by atoms with Crippen molar-refractivity contribution in [3.05, 3.63) is 53.9 Å². The number of amides is 1. The number of carboxylic acids is 1. The van der Waals surface area contributed by atoms with E-state index in [4.69, 9.17) is 5.11 Å². The zero-order valence-corrected chi connectivity index (χ0v) is 14.4. The summed E-state index contributed by atoms with van der Waals surface area (Å²) in [7, 11) is 0. The molecule has 1 fully saturated rings. The van der Waals surface area contributed by atoms with Gasteiger partial charge in [0.1, 0.15) is 0 Å². The number of alkyl halides is 3. The van der Waals surface area contributed by atoms with E-state index in [1.807, 2.05) is 31.2 Å². The zero-order valence-electron chi connectivity index (χ0n) is 14.4. The van der Waals surface area contributed by atoms with Gasteiger partial charge in [0, 0.05) is 31.0 Å². The molecule has 0 radical (unpaired) electrons. The number of pyridine rings is 1. The van der Waals surface area contributed by atoms with Crippen molar-refractivity contribution < 1.29 is 27.9 Å². The van der Waals surface area contributed by atoms with Crippen LogP contribution in [0.5, 0.6) is 0 Å². The summed E-state index contributed by atoms with van der Waals surface area (Å²) in [4.78, 5) is 28.8. The highest BCUT2D eigenvalue weighted by atomic mass is 19.4. The molecule has 142 valence electrons. The molecule has 1 N–H and O–H groups in total. The Labute approximate surface area is 153 Å². The molecule has 3 rings (SSSR count). The van der Waals surface area contributed by atoms with E-state index in [0.717, 1.165) is 16.0 Å². The van der Waals surface area contributed by atoms with Crippen LogP contribution in [0.1, 0.15) is 15.9 Å².